The summed E-state index contributed by atoms with van der Waals surface area (Å²) in [7, 11) is 18.1. The van der Waals surface area contributed by atoms with Crippen molar-refractivity contribution in [1.82, 2.24) is 14.7 Å². The lowest BCUT2D eigenvalue weighted by Crippen LogP contribution is -2.18. The maximum Gasteiger partial charge on any atom is 0.146 e. The second-order valence-electron chi connectivity index (χ2n) is 8.10. The fraction of sp³-hybridized carbons (Fsp3) is 0.824. The predicted octanol–water partition coefficient (Wildman–Crippen LogP) is 6.79. The van der Waals surface area contributed by atoms with Crippen LogP contribution in [0.5, 0.6) is 0 Å². The molecule has 0 aromatic carbocycles. The molecule has 0 aliphatic carbocycles. The van der Waals surface area contributed by atoms with Crippen molar-refractivity contribution in [3.05, 3.63) is 0 Å². The molecule has 28 heavy (non-hydrogen) atoms. The van der Waals surface area contributed by atoms with E-state index in [2.05, 4.69) is 54.2 Å². The van der Waals surface area contributed by atoms with Crippen LogP contribution in [0.3, 0.4) is 0 Å². The van der Waals surface area contributed by atoms with Crippen LogP contribution in [0.2, 0.25) is 0 Å². The summed E-state index contributed by atoms with van der Waals surface area (Å²) >= 11 is 19.4. The van der Waals surface area contributed by atoms with Gasteiger partial charge in [0.1, 0.15) is 13.0 Å². The van der Waals surface area contributed by atoms with Gasteiger partial charge >= 0.3 is 0 Å². The molecule has 0 radical (unpaired) electrons. The van der Waals surface area contributed by atoms with Crippen LogP contribution in [0.1, 0.15) is 41.5 Å². The van der Waals surface area contributed by atoms with Crippen molar-refractivity contribution in [3.8, 4) is 0 Å². The Morgan fingerprint density at radius 2 is 0.821 bits per heavy atom. The number of hydrogen-bond acceptors (Lipinski definition) is 8. The second-order valence-corrected chi connectivity index (χ2v) is 16.4. The molecule has 3 nitrogen and oxygen atoms in total. The highest BCUT2D eigenvalue weighted by atomic mass is 33.1. The zero-order chi connectivity index (χ0) is 23.3. The third-order valence-electron chi connectivity index (χ3n) is 1.64. The first-order valence-corrected chi connectivity index (χ1v) is 14.3. The van der Waals surface area contributed by atoms with Crippen LogP contribution < -0.4 is 0 Å². The van der Waals surface area contributed by atoms with Gasteiger partial charge < -0.3 is 14.7 Å². The van der Waals surface area contributed by atoms with Crippen molar-refractivity contribution >= 4 is 105 Å². The zero-order valence-corrected chi connectivity index (χ0v) is 25.8. The van der Waals surface area contributed by atoms with E-state index in [0.717, 1.165) is 13.0 Å². The monoisotopic (exact) mass is 539 g/mol. The number of thiol groups is 1. The Kier molecular flexibility index (Phi) is 20.7. The highest BCUT2D eigenvalue weighted by molar-refractivity contribution is 8.89. The molecule has 0 amide bonds. The maximum absolute atomic E-state index is 5.11. The van der Waals surface area contributed by atoms with Crippen molar-refractivity contribution in [2.45, 2.75) is 51.0 Å². The molecule has 0 saturated heterocycles. The van der Waals surface area contributed by atoms with Crippen LogP contribution in [0.15, 0.2) is 0 Å². The second kappa shape index (κ2) is 17.0. The normalized spacial score (nSPS) is 10.6. The van der Waals surface area contributed by atoms with Gasteiger partial charge in [0.25, 0.3) is 0 Å². The first-order chi connectivity index (χ1) is 12.3. The summed E-state index contributed by atoms with van der Waals surface area (Å²) in [5.74, 6) is 0. The summed E-state index contributed by atoms with van der Waals surface area (Å²) in [6, 6.07) is 0. The maximum atomic E-state index is 5.11. The van der Waals surface area contributed by atoms with E-state index in [9.17, 15) is 0 Å². The van der Waals surface area contributed by atoms with Crippen molar-refractivity contribution in [2.24, 2.45) is 0 Å². The molecule has 0 spiro atoms. The number of rotatable bonds is 1. The summed E-state index contributed by atoms with van der Waals surface area (Å²) in [5, 5.41) is 0. The minimum Gasteiger partial charge on any atom is -0.363 e. The third kappa shape index (κ3) is 32.1. The summed E-state index contributed by atoms with van der Waals surface area (Å²) in [5.41, 5.74) is 0. The van der Waals surface area contributed by atoms with Gasteiger partial charge in [0.05, 0.1) is 0 Å². The molecule has 0 bridgehead atoms. The Balaban J connectivity index is -0.000000362. The van der Waals surface area contributed by atoms with E-state index in [1.165, 1.54) is 21.6 Å². The lowest BCUT2D eigenvalue weighted by atomic mass is 10.3. The number of thiocarbonyl (C=S) groups is 3. The Labute approximate surface area is 211 Å². The van der Waals surface area contributed by atoms with Gasteiger partial charge in [0.15, 0.2) is 0 Å². The summed E-state index contributed by atoms with van der Waals surface area (Å²) in [6.45, 7) is 12.7. The number of hydrogen-bond donors (Lipinski definition) is 1. The first-order valence-electron chi connectivity index (χ1n) is 8.34. The molecule has 0 rings (SSSR count). The fourth-order valence-electron chi connectivity index (χ4n) is 0.456. The van der Waals surface area contributed by atoms with Gasteiger partial charge in [-0.1, -0.05) is 89.0 Å². The third-order valence-corrected chi connectivity index (χ3v) is 10.0. The first kappa shape index (κ1) is 34.0. The fourth-order valence-corrected chi connectivity index (χ4v) is 5.02. The average molecular weight is 540 g/mol. The standard InChI is InChI=1S/C7H15NS3.C6H12N2S4.C4H10S/c1-7(2,3)11-10-6(9)8(4)5;1-7(2)5(9)11-12-6(10)8(3)4;1-4(2,3)5/h1-5H3;1-4H3;5H,1-3H3. The Hall–Kier alpha value is 1.42. The van der Waals surface area contributed by atoms with E-state index in [1.807, 2.05) is 57.0 Å². The topological polar surface area (TPSA) is 9.72 Å². The molecule has 0 heterocycles. The van der Waals surface area contributed by atoms with E-state index >= 15 is 0 Å². The average Bonchev–Trinajstić information content (AvgIpc) is 2.47. The molecule has 0 aliphatic rings. The van der Waals surface area contributed by atoms with Gasteiger partial charge in [-0.25, -0.2) is 0 Å². The SMILES string of the molecule is CC(C)(C)S.CN(C)C(=S)SSC(=S)N(C)C.CN(C)C(=S)SSC(C)(C)C. The smallest absolute Gasteiger partial charge is 0.146 e. The molecule has 0 atom stereocenters. The molecule has 0 fully saturated rings. The van der Waals surface area contributed by atoms with Crippen LogP contribution in [0.4, 0.5) is 0 Å². The molecule has 0 aromatic heterocycles. The molecular weight excluding hydrogens is 503 g/mol. The summed E-state index contributed by atoms with van der Waals surface area (Å²) in [6.07, 6.45) is 0. The Morgan fingerprint density at radius 3 is 1.00 bits per heavy atom. The quantitative estimate of drug-likeness (QED) is 0.216. The lowest BCUT2D eigenvalue weighted by molar-refractivity contribution is 0.647. The molecule has 0 unspecified atom stereocenters. The summed E-state index contributed by atoms with van der Waals surface area (Å²) in [4.78, 5) is 5.75. The molecular formula is C17H37N3S8. The van der Waals surface area contributed by atoms with Crippen LogP contribution in [0.25, 0.3) is 0 Å². The molecule has 11 heteroatoms. The Bertz CT molecular complexity index is 440. The highest BCUT2D eigenvalue weighted by Gasteiger charge is 2.13. The summed E-state index contributed by atoms with van der Waals surface area (Å²) < 4.78 is 3.09. The van der Waals surface area contributed by atoms with Crippen LogP contribution in [0, 0.1) is 0 Å². The molecule has 0 aromatic rings. The van der Waals surface area contributed by atoms with Crippen LogP contribution >= 0.6 is 92.5 Å². The van der Waals surface area contributed by atoms with Crippen molar-refractivity contribution in [1.29, 1.82) is 0 Å². The van der Waals surface area contributed by atoms with Gasteiger partial charge in [0, 0.05) is 51.8 Å². The predicted molar refractivity (Wildman–Crippen MR) is 158 cm³/mol. The molecule has 0 saturated carbocycles. The minimum absolute atomic E-state index is 0.194. The van der Waals surface area contributed by atoms with E-state index < -0.39 is 0 Å². The van der Waals surface area contributed by atoms with Gasteiger partial charge in [0.2, 0.25) is 0 Å². The van der Waals surface area contributed by atoms with Crippen molar-refractivity contribution in [3.63, 3.8) is 0 Å². The molecule has 168 valence electrons. The van der Waals surface area contributed by atoms with Gasteiger partial charge in [-0.3, -0.25) is 0 Å². The van der Waals surface area contributed by atoms with E-state index in [0.29, 0.717) is 0 Å². The Morgan fingerprint density at radius 1 is 0.607 bits per heavy atom. The lowest BCUT2D eigenvalue weighted by Gasteiger charge is -2.19. The van der Waals surface area contributed by atoms with Crippen LogP contribution in [-0.4, -0.2) is 79.4 Å². The van der Waals surface area contributed by atoms with E-state index in [1.54, 1.807) is 21.6 Å². The highest BCUT2D eigenvalue weighted by Crippen LogP contribution is 2.36. The zero-order valence-electron chi connectivity index (χ0n) is 19.1. The van der Waals surface area contributed by atoms with Crippen molar-refractivity contribution < 1.29 is 0 Å². The van der Waals surface area contributed by atoms with E-state index in [4.69, 9.17) is 36.7 Å². The van der Waals surface area contributed by atoms with Crippen molar-refractivity contribution in [2.75, 3.05) is 42.3 Å². The van der Waals surface area contributed by atoms with E-state index in [-0.39, 0.29) is 9.49 Å². The van der Waals surface area contributed by atoms with Gasteiger partial charge in [-0.2, -0.15) is 12.6 Å². The van der Waals surface area contributed by atoms with Gasteiger partial charge in [-0.05, 0) is 32.4 Å². The minimum atomic E-state index is 0.194. The van der Waals surface area contributed by atoms with Crippen LogP contribution in [-0.2, 0) is 0 Å². The van der Waals surface area contributed by atoms with Gasteiger partial charge in [-0.15, -0.1) is 0 Å². The molecule has 0 aliphatic heterocycles. The number of nitrogens with zero attached hydrogens (tertiary/aromatic N) is 3. The largest absolute Gasteiger partial charge is 0.363 e. The molecule has 0 N–H and O–H groups in total.